The van der Waals surface area contributed by atoms with Gasteiger partial charge in [-0.2, -0.15) is 15.1 Å². The number of benzene rings is 1. The average molecular weight is 823 g/mol. The summed E-state index contributed by atoms with van der Waals surface area (Å²) < 4.78 is 54.4. The molecular formula is C40H41F3N14O3. The highest BCUT2D eigenvalue weighted by Gasteiger charge is 2.54. The van der Waals surface area contributed by atoms with Gasteiger partial charge < -0.3 is 34.2 Å². The van der Waals surface area contributed by atoms with Crippen LogP contribution in [0.15, 0.2) is 42.9 Å². The van der Waals surface area contributed by atoms with Crippen LogP contribution in [0.1, 0.15) is 32.9 Å². The summed E-state index contributed by atoms with van der Waals surface area (Å²) in [5.41, 5.74) is 1.64. The Balaban J connectivity index is 0.00000445. The molecule has 20 heteroatoms. The minimum Gasteiger partial charge on any atom is -0.378 e. The molecule has 310 valence electrons. The number of piperazine rings is 1. The second kappa shape index (κ2) is 13.5. The second-order valence-corrected chi connectivity index (χ2v) is 16.3. The number of amides is 2. The monoisotopic (exact) mass is 822 g/mol. The fourth-order valence-electron chi connectivity index (χ4n) is 9.40. The first kappa shape index (κ1) is 36.6. The quantitative estimate of drug-likeness (QED) is 0.269. The number of aryl methyl sites for hydroxylation is 1. The number of nitrogens with zero attached hydrogens (tertiary/aromatic N) is 13. The molecule has 1 aromatic carbocycles. The van der Waals surface area contributed by atoms with Crippen molar-refractivity contribution >= 4 is 51.6 Å². The third kappa shape index (κ3) is 5.74. The van der Waals surface area contributed by atoms with Gasteiger partial charge in [-0.3, -0.25) is 14.6 Å². The summed E-state index contributed by atoms with van der Waals surface area (Å²) in [6, 6.07) is 3.44. The number of likely N-dealkylation sites (N-methyl/N-ethyl adjacent to an activating group) is 1. The summed E-state index contributed by atoms with van der Waals surface area (Å²) in [4.78, 5) is 64.1. The number of aromatic nitrogens is 9. The Morgan fingerprint density at radius 3 is 2.48 bits per heavy atom. The Bertz CT molecular complexity index is 2770. The van der Waals surface area contributed by atoms with Crippen molar-refractivity contribution in [2.24, 2.45) is 0 Å². The smallest absolute Gasteiger partial charge is 0.245 e. The molecule has 10 heterocycles. The van der Waals surface area contributed by atoms with Crippen LogP contribution in [0.5, 0.6) is 0 Å². The minimum absolute atomic E-state index is 0. The number of carbonyl (C=O) groups is 2. The highest BCUT2D eigenvalue weighted by atomic mass is 19.1. The number of anilines is 3. The summed E-state index contributed by atoms with van der Waals surface area (Å²) in [5, 5.41) is 8.28. The van der Waals surface area contributed by atoms with Crippen molar-refractivity contribution in [2.75, 3.05) is 48.9 Å². The molecule has 6 bridgehead atoms. The molecule has 5 aliphatic heterocycles. The average Bonchev–Trinajstić information content (AvgIpc) is 3.72. The van der Waals surface area contributed by atoms with Gasteiger partial charge in [-0.1, -0.05) is 0 Å². The van der Waals surface area contributed by atoms with E-state index in [1.165, 1.54) is 16.9 Å². The third-order valence-corrected chi connectivity index (χ3v) is 12.5. The predicted octanol–water partition coefficient (Wildman–Crippen LogP) is 3.49. The van der Waals surface area contributed by atoms with Gasteiger partial charge in [-0.25, -0.2) is 32.8 Å². The number of hydrogen-bond acceptors (Lipinski definition) is 13. The van der Waals surface area contributed by atoms with Crippen molar-refractivity contribution in [3.05, 3.63) is 66.1 Å². The third-order valence-electron chi connectivity index (χ3n) is 12.5. The number of piperidine rings is 1. The fraction of sp³-hybridized carbons (Fsp3) is 0.425. The molecule has 1 aliphatic carbocycles. The van der Waals surface area contributed by atoms with Crippen molar-refractivity contribution in [1.82, 2.24) is 54.1 Å². The van der Waals surface area contributed by atoms with E-state index >= 15 is 8.78 Å². The highest BCUT2D eigenvalue weighted by Crippen LogP contribution is 2.43. The largest absolute Gasteiger partial charge is 0.378 e. The van der Waals surface area contributed by atoms with Gasteiger partial charge in [-0.15, -0.1) is 0 Å². The molecule has 1 N–H and O–H groups in total. The molecule has 2 amide bonds. The van der Waals surface area contributed by atoms with E-state index in [4.69, 9.17) is 19.7 Å². The summed E-state index contributed by atoms with van der Waals surface area (Å²) >= 11 is 0. The Hall–Kier alpha value is -6.44. The first-order valence-electron chi connectivity index (χ1n) is 20.0. The van der Waals surface area contributed by atoms with Gasteiger partial charge in [0.05, 0.1) is 47.5 Å². The lowest BCUT2D eigenvalue weighted by Crippen LogP contribution is -2.72. The van der Waals surface area contributed by atoms with Gasteiger partial charge in [0.15, 0.2) is 17.3 Å². The van der Waals surface area contributed by atoms with E-state index in [1.807, 2.05) is 26.2 Å². The zero-order chi connectivity index (χ0) is 41.1. The van der Waals surface area contributed by atoms with E-state index in [2.05, 4.69) is 25.4 Å². The number of fused-ring (bicyclic) bond motifs is 8. The number of pyridine rings is 1. The Kier molecular flexibility index (Phi) is 8.27. The van der Waals surface area contributed by atoms with Gasteiger partial charge in [-0.05, 0) is 50.8 Å². The van der Waals surface area contributed by atoms with Crippen LogP contribution in [0.2, 0.25) is 0 Å². The van der Waals surface area contributed by atoms with Gasteiger partial charge in [0.2, 0.25) is 23.7 Å². The number of hydrogen-bond donors (Lipinski definition) is 1. The molecule has 17 nitrogen and oxygen atoms in total. The van der Waals surface area contributed by atoms with E-state index < -0.39 is 41.7 Å². The van der Waals surface area contributed by atoms with Gasteiger partial charge in [0.1, 0.15) is 46.6 Å². The number of methoxy groups -OCH3 is 1. The molecule has 1 saturated carbocycles. The zero-order valence-corrected chi connectivity index (χ0v) is 32.8. The molecule has 5 atom stereocenters. The molecule has 6 aromatic rings. The van der Waals surface area contributed by atoms with Crippen molar-refractivity contribution in [3.63, 3.8) is 0 Å². The lowest BCUT2D eigenvalue weighted by molar-refractivity contribution is -0.140. The standard InChI is InChI=1S/C40H39F3N14O3.H2/c1-19-47-28-8-9-44-33-32-27(43)14-45-39(49-32)48-21-11-30(37(58)52(2)17-24(60-3)18-53(19)34(28)33)55(15-21)35-25-13-46-57(29-7-4-20(41)10-26(29)42)36(25)51-40(50-35)56-23-12-31(56)38(59)54(16-23)22-5-6-22;/h4,7-10,13-14,21-24,30-31H,5-6,11-12,15-18H2,1-3H3,(H,45,48,49);1H/t21-,23?,24-,30-,31?;/m0./s1. The first-order chi connectivity index (χ1) is 29.0. The molecule has 6 aliphatic rings. The Morgan fingerprint density at radius 2 is 1.70 bits per heavy atom. The van der Waals surface area contributed by atoms with Crippen LogP contribution in [0.25, 0.3) is 39.1 Å². The maximum Gasteiger partial charge on any atom is 0.245 e. The Labute approximate surface area is 341 Å². The van der Waals surface area contributed by atoms with Crippen LogP contribution < -0.4 is 15.1 Å². The molecule has 5 aromatic heterocycles. The van der Waals surface area contributed by atoms with Crippen molar-refractivity contribution in [2.45, 2.75) is 75.5 Å². The van der Waals surface area contributed by atoms with E-state index in [-0.39, 0.29) is 86.0 Å². The number of nitrogens with one attached hydrogen (secondary N) is 1. The Morgan fingerprint density at radius 1 is 0.850 bits per heavy atom. The molecule has 0 spiro atoms. The van der Waals surface area contributed by atoms with Crippen molar-refractivity contribution in [1.29, 1.82) is 0 Å². The summed E-state index contributed by atoms with van der Waals surface area (Å²) in [6.07, 6.45) is 6.53. The normalized spacial score (nSPS) is 24.2. The molecule has 5 fully saturated rings. The molecule has 60 heavy (non-hydrogen) atoms. The highest BCUT2D eigenvalue weighted by molar-refractivity contribution is 5.95. The van der Waals surface area contributed by atoms with Crippen LogP contribution in [0, 0.1) is 24.4 Å². The van der Waals surface area contributed by atoms with Crippen LogP contribution in [-0.2, 0) is 20.9 Å². The molecule has 0 radical (unpaired) electrons. The first-order valence-corrected chi connectivity index (χ1v) is 20.0. The molecular weight excluding hydrogens is 782 g/mol. The van der Waals surface area contributed by atoms with E-state index in [0.29, 0.717) is 41.0 Å². The topological polar surface area (TPSA) is 168 Å². The van der Waals surface area contributed by atoms with Crippen LogP contribution in [-0.4, -0.2) is 136 Å². The van der Waals surface area contributed by atoms with E-state index in [0.717, 1.165) is 31.2 Å². The molecule has 12 rings (SSSR count). The number of ether oxygens (including phenoxy) is 1. The number of halogens is 3. The summed E-state index contributed by atoms with van der Waals surface area (Å²) in [7, 11) is 3.29. The van der Waals surface area contributed by atoms with Crippen LogP contribution in [0.4, 0.5) is 30.9 Å². The maximum absolute atomic E-state index is 15.7. The number of rotatable bonds is 5. The predicted molar refractivity (Wildman–Crippen MR) is 213 cm³/mol. The lowest BCUT2D eigenvalue weighted by atomic mass is 9.87. The lowest BCUT2D eigenvalue weighted by Gasteiger charge is -2.55. The minimum atomic E-state index is -0.845. The van der Waals surface area contributed by atoms with E-state index in [9.17, 15) is 14.0 Å². The van der Waals surface area contributed by atoms with E-state index in [1.54, 1.807) is 31.3 Å². The molecule has 2 unspecified atom stereocenters. The summed E-state index contributed by atoms with van der Waals surface area (Å²) in [5.74, 6) is -1.11. The zero-order valence-electron chi connectivity index (χ0n) is 32.8. The summed E-state index contributed by atoms with van der Waals surface area (Å²) in [6.45, 7) is 3.05. The SMILES string of the molecule is CO[C@H]1CN(C)C(=O)[C@@H]2C[C@@H](CN2c2nc(N3C4CC3C(=O)N(C3CC3)C4)nc3c2cnn3-c2ccc(F)cc2F)Nc2ncc(F)c(n2)-c2nccc3nc(C)n(c23)C1.[HH]. The van der Waals surface area contributed by atoms with Gasteiger partial charge in [0, 0.05) is 59.6 Å². The number of imidazole rings is 1. The fourth-order valence-corrected chi connectivity index (χ4v) is 9.40. The number of carbonyl (C=O) groups excluding carboxylic acids is 2. The van der Waals surface area contributed by atoms with Crippen LogP contribution in [0.3, 0.4) is 0 Å². The van der Waals surface area contributed by atoms with Gasteiger partial charge >= 0.3 is 0 Å². The van der Waals surface area contributed by atoms with Gasteiger partial charge in [0.25, 0.3) is 0 Å². The molecule has 4 saturated heterocycles. The second-order valence-electron chi connectivity index (χ2n) is 16.3. The van der Waals surface area contributed by atoms with Crippen molar-refractivity contribution in [3.8, 4) is 17.1 Å². The maximum atomic E-state index is 15.7. The van der Waals surface area contributed by atoms with Crippen molar-refractivity contribution < 1.29 is 28.9 Å². The van der Waals surface area contributed by atoms with Crippen LogP contribution >= 0.6 is 0 Å².